The average Bonchev–Trinajstić information content (AvgIpc) is 2.46. The van der Waals surface area contributed by atoms with Crippen molar-refractivity contribution in [3.8, 4) is 5.75 Å². The predicted molar refractivity (Wildman–Crippen MR) is 76.2 cm³/mol. The van der Waals surface area contributed by atoms with Crippen LogP contribution in [0.15, 0.2) is 6.07 Å². The van der Waals surface area contributed by atoms with Gasteiger partial charge in [-0.15, -0.1) is 0 Å². The predicted octanol–water partition coefficient (Wildman–Crippen LogP) is 2.89. The Kier molecular flexibility index (Phi) is 3.96. The molecule has 1 N–H and O–H groups in total. The summed E-state index contributed by atoms with van der Waals surface area (Å²) in [6.45, 7) is 2.50. The molecule has 1 aromatic carbocycles. The van der Waals surface area contributed by atoms with Crippen molar-refractivity contribution < 1.29 is 9.47 Å². The molecule has 0 bridgehead atoms. The van der Waals surface area contributed by atoms with Gasteiger partial charge in [0.25, 0.3) is 0 Å². The number of fused-ring (bicyclic) bond motifs is 1. The van der Waals surface area contributed by atoms with Crippen LogP contribution in [0.4, 0.5) is 0 Å². The van der Waals surface area contributed by atoms with Crippen LogP contribution in [0.5, 0.6) is 5.75 Å². The maximum atomic E-state index is 6.38. The van der Waals surface area contributed by atoms with E-state index in [9.17, 15) is 0 Å². The lowest BCUT2D eigenvalue weighted by atomic mass is 9.85. The molecule has 1 aliphatic heterocycles. The highest BCUT2D eigenvalue weighted by molar-refractivity contribution is 6.32. The molecule has 0 aromatic heterocycles. The summed E-state index contributed by atoms with van der Waals surface area (Å²) in [5.41, 5.74) is 3.96. The van der Waals surface area contributed by atoms with Crippen molar-refractivity contribution in [3.63, 3.8) is 0 Å². The van der Waals surface area contributed by atoms with Gasteiger partial charge in [-0.2, -0.15) is 0 Å². The summed E-state index contributed by atoms with van der Waals surface area (Å²) in [7, 11) is 1.69. The molecule has 3 nitrogen and oxygen atoms in total. The minimum absolute atomic E-state index is 0.0641. The lowest BCUT2D eigenvalue weighted by molar-refractivity contribution is 0.0256. The van der Waals surface area contributed by atoms with Crippen LogP contribution in [-0.4, -0.2) is 26.8 Å². The number of ether oxygens (including phenoxy) is 2. The minimum atomic E-state index is 0.0641. The molecule has 1 fully saturated rings. The number of rotatable bonds is 2. The van der Waals surface area contributed by atoms with E-state index >= 15 is 0 Å². The number of aryl methyl sites for hydroxylation is 1. The second kappa shape index (κ2) is 5.70. The molecule has 1 atom stereocenters. The number of nitrogens with one attached hydrogen (secondary N) is 1. The number of halogens is 1. The Morgan fingerprint density at radius 1 is 1.37 bits per heavy atom. The quantitative estimate of drug-likeness (QED) is 0.904. The first-order chi connectivity index (χ1) is 9.31. The van der Waals surface area contributed by atoms with Crippen LogP contribution in [-0.2, 0) is 17.6 Å². The zero-order valence-corrected chi connectivity index (χ0v) is 12.1. The second-order valence-electron chi connectivity index (χ2n) is 5.21. The molecule has 1 aromatic rings. The van der Waals surface area contributed by atoms with E-state index in [1.54, 1.807) is 7.11 Å². The van der Waals surface area contributed by atoms with Gasteiger partial charge in [-0.1, -0.05) is 11.6 Å². The third-order valence-electron chi connectivity index (χ3n) is 4.05. The van der Waals surface area contributed by atoms with E-state index in [1.807, 2.05) is 0 Å². The molecule has 3 rings (SSSR count). The monoisotopic (exact) mass is 281 g/mol. The van der Waals surface area contributed by atoms with E-state index in [1.165, 1.54) is 29.5 Å². The first kappa shape index (κ1) is 13.2. The summed E-state index contributed by atoms with van der Waals surface area (Å²) >= 11 is 6.38. The van der Waals surface area contributed by atoms with Gasteiger partial charge in [0.2, 0.25) is 0 Å². The number of methoxy groups -OCH3 is 1. The van der Waals surface area contributed by atoms with Crippen LogP contribution < -0.4 is 10.1 Å². The molecule has 1 saturated heterocycles. The van der Waals surface area contributed by atoms with Crippen molar-refractivity contribution >= 4 is 11.6 Å². The Hall–Kier alpha value is -0.770. The summed E-state index contributed by atoms with van der Waals surface area (Å²) < 4.78 is 11.5. The fourth-order valence-corrected chi connectivity index (χ4v) is 3.49. The standard InChI is InChI=1S/C15H20ClNO2/c1-18-15-12(16)8-10-4-2-3-5-11(10)14(15)13-9-17-6-7-19-13/h8,13,17H,2-7,9H2,1H3. The molecule has 0 radical (unpaired) electrons. The maximum Gasteiger partial charge on any atom is 0.143 e. The van der Waals surface area contributed by atoms with Gasteiger partial charge in [-0.05, 0) is 42.9 Å². The number of benzene rings is 1. The van der Waals surface area contributed by atoms with Crippen LogP contribution in [0.1, 0.15) is 35.6 Å². The van der Waals surface area contributed by atoms with Crippen LogP contribution >= 0.6 is 11.6 Å². The molecule has 1 heterocycles. The van der Waals surface area contributed by atoms with E-state index in [4.69, 9.17) is 21.1 Å². The summed E-state index contributed by atoms with van der Waals surface area (Å²) in [5.74, 6) is 0.802. The van der Waals surface area contributed by atoms with E-state index in [0.29, 0.717) is 5.02 Å². The number of morpholine rings is 1. The molecule has 0 spiro atoms. The highest BCUT2D eigenvalue weighted by Crippen LogP contribution is 2.41. The van der Waals surface area contributed by atoms with E-state index in [2.05, 4.69) is 11.4 Å². The van der Waals surface area contributed by atoms with Gasteiger partial charge in [0, 0.05) is 18.7 Å². The van der Waals surface area contributed by atoms with Gasteiger partial charge in [-0.25, -0.2) is 0 Å². The zero-order valence-electron chi connectivity index (χ0n) is 11.3. The molecule has 4 heteroatoms. The van der Waals surface area contributed by atoms with Crippen molar-refractivity contribution in [2.24, 2.45) is 0 Å². The average molecular weight is 282 g/mol. The van der Waals surface area contributed by atoms with Gasteiger partial charge in [0.1, 0.15) is 5.75 Å². The highest BCUT2D eigenvalue weighted by Gasteiger charge is 2.27. The molecule has 1 unspecified atom stereocenters. The first-order valence-corrected chi connectivity index (χ1v) is 7.39. The summed E-state index contributed by atoms with van der Waals surface area (Å²) in [6, 6.07) is 2.08. The van der Waals surface area contributed by atoms with Crippen molar-refractivity contribution in [1.82, 2.24) is 5.32 Å². The van der Waals surface area contributed by atoms with Crippen LogP contribution in [0, 0.1) is 0 Å². The van der Waals surface area contributed by atoms with Crippen molar-refractivity contribution in [1.29, 1.82) is 0 Å². The van der Waals surface area contributed by atoms with E-state index < -0.39 is 0 Å². The summed E-state index contributed by atoms with van der Waals surface area (Å²) in [5, 5.41) is 4.10. The Morgan fingerprint density at radius 3 is 2.95 bits per heavy atom. The molecule has 104 valence electrons. The number of hydrogen-bond acceptors (Lipinski definition) is 3. The lowest BCUT2D eigenvalue weighted by Gasteiger charge is -2.30. The molecule has 0 amide bonds. The largest absolute Gasteiger partial charge is 0.495 e. The topological polar surface area (TPSA) is 30.5 Å². The van der Waals surface area contributed by atoms with Crippen LogP contribution in [0.2, 0.25) is 5.02 Å². The first-order valence-electron chi connectivity index (χ1n) is 7.01. The fraction of sp³-hybridized carbons (Fsp3) is 0.600. The smallest absolute Gasteiger partial charge is 0.143 e. The zero-order chi connectivity index (χ0) is 13.2. The SMILES string of the molecule is COc1c(Cl)cc2c(c1C1CNCCO1)CCCC2. The highest BCUT2D eigenvalue weighted by atomic mass is 35.5. The molecule has 1 aliphatic carbocycles. The van der Waals surface area contributed by atoms with Gasteiger partial charge >= 0.3 is 0 Å². The third kappa shape index (κ3) is 2.47. The van der Waals surface area contributed by atoms with Crippen molar-refractivity contribution in [2.75, 3.05) is 26.8 Å². The number of hydrogen-bond donors (Lipinski definition) is 1. The lowest BCUT2D eigenvalue weighted by Crippen LogP contribution is -2.34. The normalized spacial score (nSPS) is 22.9. The van der Waals surface area contributed by atoms with Gasteiger partial charge < -0.3 is 14.8 Å². The van der Waals surface area contributed by atoms with Crippen molar-refractivity contribution in [2.45, 2.75) is 31.8 Å². The molecule has 2 aliphatic rings. The van der Waals surface area contributed by atoms with Crippen LogP contribution in [0.25, 0.3) is 0 Å². The molecular formula is C15H20ClNO2. The minimum Gasteiger partial charge on any atom is -0.495 e. The molecular weight excluding hydrogens is 262 g/mol. The summed E-state index contributed by atoms with van der Waals surface area (Å²) in [4.78, 5) is 0. The van der Waals surface area contributed by atoms with Gasteiger partial charge in [0.15, 0.2) is 0 Å². The van der Waals surface area contributed by atoms with Crippen molar-refractivity contribution in [3.05, 3.63) is 27.8 Å². The summed E-state index contributed by atoms with van der Waals surface area (Å²) in [6.07, 6.45) is 4.78. The Bertz CT molecular complexity index is 470. The van der Waals surface area contributed by atoms with Crippen LogP contribution in [0.3, 0.4) is 0 Å². The Labute approximate surface area is 119 Å². The molecule has 0 saturated carbocycles. The Morgan fingerprint density at radius 2 is 2.21 bits per heavy atom. The van der Waals surface area contributed by atoms with E-state index in [-0.39, 0.29) is 6.10 Å². The van der Waals surface area contributed by atoms with Gasteiger partial charge in [-0.3, -0.25) is 0 Å². The second-order valence-corrected chi connectivity index (χ2v) is 5.62. The Balaban J connectivity index is 2.09. The maximum absolute atomic E-state index is 6.38. The third-order valence-corrected chi connectivity index (χ3v) is 4.33. The molecule has 19 heavy (non-hydrogen) atoms. The van der Waals surface area contributed by atoms with E-state index in [0.717, 1.165) is 38.3 Å². The fourth-order valence-electron chi connectivity index (χ4n) is 3.18. The van der Waals surface area contributed by atoms with Gasteiger partial charge in [0.05, 0.1) is 24.8 Å².